The predicted molar refractivity (Wildman–Crippen MR) is 475 cm³/mol. The first-order chi connectivity index (χ1) is 51.3. The molecule has 3 aliphatic heterocycles. The van der Waals surface area contributed by atoms with E-state index in [0.717, 1.165) is 124 Å². The van der Waals surface area contributed by atoms with Crippen LogP contribution in [0.2, 0.25) is 15.3 Å². The number of hydrogen-bond acceptors (Lipinski definition) is 20. The van der Waals surface area contributed by atoms with Crippen LogP contribution in [0, 0.1) is 10.1 Å². The summed E-state index contributed by atoms with van der Waals surface area (Å²) in [7, 11) is 0. The molecule has 13 rings (SSSR count). The number of hydrogen-bond donors (Lipinski definition) is 6. The number of nitrogens with two attached hydrogens (primary N) is 2. The van der Waals surface area contributed by atoms with Crippen molar-refractivity contribution in [3.63, 3.8) is 0 Å². The zero-order chi connectivity index (χ0) is 76.8. The number of nitro groups is 1. The number of aromatic nitrogens is 5. The number of nitrogens with one attached hydrogen (secondary N) is 4. The topological polar surface area (TPSA) is 307 Å². The number of nitrogens with zero attached hydrogens (tertiary/aromatic N) is 8. The number of anilines is 5. The number of nitrogen functional groups attached to an aromatic ring is 2. The molecule has 0 atom stereocenters. The summed E-state index contributed by atoms with van der Waals surface area (Å²) >= 11 is 27.7. The van der Waals surface area contributed by atoms with Crippen LogP contribution in [0.25, 0.3) is 10.9 Å². The summed E-state index contributed by atoms with van der Waals surface area (Å²) in [5.74, 6) is 0.341. The molecule has 0 aliphatic carbocycles. The molecular formula is C76H84Cl3I6N14O8-. The second-order valence-corrected chi connectivity index (χ2v) is 40.8. The minimum Gasteiger partial charge on any atom is -0.399 e. The van der Waals surface area contributed by atoms with E-state index < -0.39 is 11.4 Å². The Hall–Kier alpha value is -5.82. The fourth-order valence-electron chi connectivity index (χ4n) is 11.0. The van der Waals surface area contributed by atoms with Gasteiger partial charge in [-0.1, -0.05) is 129 Å². The van der Waals surface area contributed by atoms with Crippen molar-refractivity contribution in [2.75, 3.05) is 105 Å². The summed E-state index contributed by atoms with van der Waals surface area (Å²) in [5, 5.41) is 22.0. The Bertz CT molecular complexity index is 4520. The fourth-order valence-corrected chi connectivity index (χ4v) is 11.5. The van der Waals surface area contributed by atoms with Crippen molar-refractivity contribution in [3.05, 3.63) is 279 Å². The maximum Gasteiger partial charge on any atom is 0.419 e. The quantitative estimate of drug-likeness (QED) is 0.0131. The van der Waals surface area contributed by atoms with E-state index in [1.807, 2.05) is 106 Å². The van der Waals surface area contributed by atoms with Gasteiger partial charge in [-0.3, -0.25) is 29.5 Å². The number of para-hydroxylation sites is 2. The molecule has 3 aliphatic rings. The van der Waals surface area contributed by atoms with Crippen LogP contribution in [-0.4, -0.2) is 126 Å². The van der Waals surface area contributed by atoms with E-state index >= 15 is 0 Å². The van der Waals surface area contributed by atoms with Crippen LogP contribution in [0.15, 0.2) is 196 Å². The normalized spacial score (nSPS) is 12.7. The molecule has 0 amide bonds. The number of nitro benzene ring substituents is 1. The molecule has 0 spiro atoms. The van der Waals surface area contributed by atoms with Crippen molar-refractivity contribution in [2.45, 2.75) is 59.3 Å². The first kappa shape index (κ1) is 91.8. The number of carbonyl (C=O) groups is 3. The summed E-state index contributed by atoms with van der Waals surface area (Å²) in [5.41, 5.74) is 22.7. The molecule has 22 nitrogen and oxygen atoms in total. The largest absolute Gasteiger partial charge is 0.419 e. The van der Waals surface area contributed by atoms with Crippen LogP contribution < -0.4 is 66.8 Å². The number of piperazine rings is 3. The number of H-pyrrole nitrogens is 1. The number of carbonyl (C=O) groups excluding carboxylic acids is 3. The Morgan fingerprint density at radius 3 is 1.39 bits per heavy atom. The van der Waals surface area contributed by atoms with Crippen molar-refractivity contribution in [1.82, 2.24) is 40.9 Å². The van der Waals surface area contributed by atoms with Gasteiger partial charge in [-0.25, -0.2) is 29.5 Å². The third-order valence-corrected chi connectivity index (χ3v) is 17.3. The number of benzene rings is 7. The van der Waals surface area contributed by atoms with Crippen LogP contribution in [-0.2, 0) is 19.3 Å². The number of aromatic amines is 1. The fraction of sp³-hybridized carbons (Fsp3) is 0.276. The smallest absolute Gasteiger partial charge is 0.399 e. The van der Waals surface area contributed by atoms with Gasteiger partial charge >= 0.3 is 61.9 Å². The summed E-state index contributed by atoms with van der Waals surface area (Å²) in [6, 6.07) is 52.4. The van der Waals surface area contributed by atoms with Gasteiger partial charge in [0.05, 0.1) is 43.5 Å². The standard InChI is InChI=1S/C25H27ClN4O.C14H12Cl2N2O.C10H13N3O2.C10H15N3.C9H11NO.C8H5NO3.I3.I2.HI/c1-2-24(31)21-6-4-3-5-19(21)16-23-22(26)17-28-25(29-23)15-18-7-9-20(10-8-18)30-13-11-27-12-14-30;1-2-13(19)10-6-4-3-5-9(10)7-12-11(15)8-17-14(16)18-12;14-13(15)10-3-1-9(2-4-10)12-7-5-11-6-8-12;11-9-1-3-10(4-2-9)13-7-5-12-6-8-13;1-2-9(11)7-5-3-4-6-8(7)10;10-7-5-3-1-2-4-6(5)9-8(11)12-7;1-3-2;1-2;/h3-10,17,27H,2,11-16H2,1H3;3-6,8H,2,7H2,1H3;1-4,11H,5-8H2;1-4,12H,5-8,11H2;3-6H,2,10H2,1H3;1-4H,(H,9,11);;;1H/q;;;;;;-1;;. The van der Waals surface area contributed by atoms with Gasteiger partial charge in [0.1, 0.15) is 5.82 Å². The molecule has 570 valence electrons. The van der Waals surface area contributed by atoms with Crippen LogP contribution >= 0.6 is 133 Å². The molecule has 10 aromatic rings. The van der Waals surface area contributed by atoms with E-state index in [4.69, 9.17) is 51.3 Å². The molecule has 107 heavy (non-hydrogen) atoms. The van der Waals surface area contributed by atoms with Crippen LogP contribution in [0.4, 0.5) is 34.1 Å². The van der Waals surface area contributed by atoms with Crippen molar-refractivity contribution in [2.24, 2.45) is 0 Å². The predicted octanol–water partition coefficient (Wildman–Crippen LogP) is 13.5. The second-order valence-electron chi connectivity index (χ2n) is 23.4. The van der Waals surface area contributed by atoms with Gasteiger partial charge in [-0.2, -0.15) is 0 Å². The molecule has 0 unspecified atom stereocenters. The van der Waals surface area contributed by atoms with Crippen molar-refractivity contribution >= 4 is 196 Å². The Labute approximate surface area is 708 Å². The molecule has 0 bridgehead atoms. The first-order valence-electron chi connectivity index (χ1n) is 33.8. The van der Waals surface area contributed by atoms with Crippen molar-refractivity contribution in [3.8, 4) is 0 Å². The number of rotatable bonds is 16. The summed E-state index contributed by atoms with van der Waals surface area (Å²) in [6.07, 6.45) is 6.20. The van der Waals surface area contributed by atoms with Crippen LogP contribution in [0.5, 0.6) is 0 Å². The van der Waals surface area contributed by atoms with Gasteiger partial charge in [0.15, 0.2) is 17.3 Å². The minimum atomic E-state index is -0.723. The summed E-state index contributed by atoms with van der Waals surface area (Å²) in [6.45, 7) is 17.8. The average Bonchev–Trinajstić information content (AvgIpc) is 0.838. The number of ketones is 3. The van der Waals surface area contributed by atoms with Gasteiger partial charge < -0.3 is 46.5 Å². The summed E-state index contributed by atoms with van der Waals surface area (Å²) < 4.78 is 4.32. The molecular weight excluding hydrogens is 2100 g/mol. The molecule has 3 aromatic heterocycles. The Morgan fingerprint density at radius 1 is 0.542 bits per heavy atom. The zero-order valence-corrected chi connectivity index (χ0v) is 74.4. The van der Waals surface area contributed by atoms with Gasteiger partial charge in [0, 0.05) is 218 Å². The molecule has 0 radical (unpaired) electrons. The number of fused-ring (bicyclic) bond motifs is 1. The first-order valence-corrected chi connectivity index (χ1v) is 53.8. The summed E-state index contributed by atoms with van der Waals surface area (Å²) in [4.78, 5) is 93.6. The van der Waals surface area contributed by atoms with Crippen LogP contribution in [0.1, 0.15) is 105 Å². The third-order valence-electron chi connectivity index (χ3n) is 16.5. The van der Waals surface area contributed by atoms with Gasteiger partial charge in [-0.15, -0.1) is 24.0 Å². The van der Waals surface area contributed by atoms with E-state index in [2.05, 4.69) is 166 Å². The molecule has 0 saturated carbocycles. The third kappa shape index (κ3) is 31.1. The Morgan fingerprint density at radius 2 is 0.935 bits per heavy atom. The van der Waals surface area contributed by atoms with Crippen molar-refractivity contribution < 1.29 is 37.0 Å². The van der Waals surface area contributed by atoms with Gasteiger partial charge in [0.2, 0.25) is 5.28 Å². The second kappa shape index (κ2) is 50.9. The molecule has 7 aromatic carbocycles. The number of Topliss-reactive ketones (excluding diaryl/α,β-unsaturated/α-hetero) is 3. The van der Waals surface area contributed by atoms with Crippen LogP contribution in [0.3, 0.4) is 0 Å². The number of non-ortho nitro benzene ring substituents is 1. The van der Waals surface area contributed by atoms with Gasteiger partial charge in [-0.05, 0) is 101 Å². The maximum atomic E-state index is 12.3. The SMILES string of the molecule is CCC(=O)c1ccccc1Cc1nc(Cc2ccc(N3CCNCC3)cc2)ncc1Cl.CCC(=O)c1ccccc1Cc1nc(Cl)ncc1Cl.CCC(=O)c1ccccc1N.I.II.I[I-]I.Nc1ccc(N2CCNCC2)cc1.O=[N+]([O-])c1ccc(N2CCNCC2)cc1.O=c1[nH]c2ccccc2c(=O)o1. The number of halogens is 9. The maximum absolute atomic E-state index is 12.3. The minimum absolute atomic E-state index is 0. The molecule has 31 heteroatoms. The average molecular weight is 2190 g/mol. The van der Waals surface area contributed by atoms with E-state index in [-0.39, 0.29) is 57.2 Å². The molecule has 3 fully saturated rings. The Kier molecular flexibility index (Phi) is 43.6. The van der Waals surface area contributed by atoms with E-state index in [9.17, 15) is 34.1 Å². The molecule has 8 N–H and O–H groups in total. The van der Waals surface area contributed by atoms with E-state index in [0.29, 0.717) is 95.2 Å². The zero-order valence-electron chi connectivity index (χ0n) is 59.0. The van der Waals surface area contributed by atoms with E-state index in [1.165, 1.54) is 17.6 Å². The van der Waals surface area contributed by atoms with Gasteiger partial charge in [0.25, 0.3) is 5.69 Å². The molecule has 3 saturated heterocycles. The monoisotopic (exact) mass is 2190 g/mol. The van der Waals surface area contributed by atoms with E-state index in [1.54, 1.807) is 54.7 Å². The van der Waals surface area contributed by atoms with Crippen molar-refractivity contribution in [1.29, 1.82) is 0 Å². The Balaban J connectivity index is 0.000000236. The molecule has 6 heterocycles.